The third-order valence-electron chi connectivity index (χ3n) is 0.892. The lowest BCUT2D eigenvalue weighted by molar-refractivity contribution is 0.684. The smallest absolute Gasteiger partial charge is 0.138 e. The molecule has 0 N–H and O–H groups in total. The van der Waals surface area contributed by atoms with Gasteiger partial charge in [0.15, 0.2) is 0 Å². The topological polar surface area (TPSA) is 30.0 Å². The maximum atomic E-state index is 10.7. The fourth-order valence-electron chi connectivity index (χ4n) is 0.476. The highest BCUT2D eigenvalue weighted by Gasteiger charge is 1.99. The van der Waals surface area contributed by atoms with Crippen molar-refractivity contribution in [3.05, 3.63) is 10.4 Å². The van der Waals surface area contributed by atoms with Crippen LogP contribution in [-0.4, -0.2) is 15.4 Å². The molecule has 0 bridgehead atoms. The molecular weight excluding hydrogens is 154 g/mol. The van der Waals surface area contributed by atoms with Crippen LogP contribution < -0.4 is 0 Å². The Kier molecular flexibility index (Phi) is 1.97. The molecule has 1 heterocycles. The standard InChI is InChI=1S/C5H7NOS2/c1-4-6-5(3-8-4)9(2)7/h3H,1-2H3. The van der Waals surface area contributed by atoms with E-state index in [2.05, 4.69) is 4.98 Å². The van der Waals surface area contributed by atoms with Crippen LogP contribution in [0.2, 0.25) is 0 Å². The van der Waals surface area contributed by atoms with Gasteiger partial charge in [-0.25, -0.2) is 4.98 Å². The molecule has 1 atom stereocenters. The third-order valence-corrected chi connectivity index (χ3v) is 2.61. The van der Waals surface area contributed by atoms with Crippen molar-refractivity contribution in [3.63, 3.8) is 0 Å². The summed E-state index contributed by atoms with van der Waals surface area (Å²) in [5, 5.41) is 3.49. The molecule has 0 spiro atoms. The minimum atomic E-state index is -0.909. The van der Waals surface area contributed by atoms with Crippen molar-refractivity contribution in [2.75, 3.05) is 6.26 Å². The highest BCUT2D eigenvalue weighted by atomic mass is 32.2. The first kappa shape index (κ1) is 6.89. The molecule has 9 heavy (non-hydrogen) atoms. The second-order valence-electron chi connectivity index (χ2n) is 1.66. The van der Waals surface area contributed by atoms with E-state index in [-0.39, 0.29) is 0 Å². The van der Waals surface area contributed by atoms with Crippen LogP contribution in [0.4, 0.5) is 0 Å². The quantitative estimate of drug-likeness (QED) is 0.619. The molecule has 0 saturated heterocycles. The molecule has 0 aromatic carbocycles. The van der Waals surface area contributed by atoms with Gasteiger partial charge in [-0.3, -0.25) is 4.21 Å². The second kappa shape index (κ2) is 2.58. The number of nitrogens with zero attached hydrogens (tertiary/aromatic N) is 1. The monoisotopic (exact) mass is 161 g/mol. The van der Waals surface area contributed by atoms with E-state index in [1.807, 2.05) is 12.3 Å². The van der Waals surface area contributed by atoms with Crippen molar-refractivity contribution in [1.29, 1.82) is 0 Å². The van der Waals surface area contributed by atoms with Gasteiger partial charge in [0.1, 0.15) is 5.03 Å². The van der Waals surface area contributed by atoms with Gasteiger partial charge in [0.05, 0.1) is 15.8 Å². The van der Waals surface area contributed by atoms with Gasteiger partial charge in [0.25, 0.3) is 0 Å². The predicted octanol–water partition coefficient (Wildman–Crippen LogP) is 1.19. The normalized spacial score (nSPS) is 13.6. The number of hydrogen-bond donors (Lipinski definition) is 0. The van der Waals surface area contributed by atoms with Gasteiger partial charge in [0.2, 0.25) is 0 Å². The molecule has 1 aromatic rings. The summed E-state index contributed by atoms with van der Waals surface area (Å²) in [6.07, 6.45) is 1.63. The van der Waals surface area contributed by atoms with Gasteiger partial charge in [-0.1, -0.05) is 0 Å². The zero-order valence-electron chi connectivity index (χ0n) is 5.25. The maximum Gasteiger partial charge on any atom is 0.138 e. The Balaban J connectivity index is 2.98. The van der Waals surface area contributed by atoms with E-state index in [0.717, 1.165) is 5.01 Å². The van der Waals surface area contributed by atoms with E-state index in [1.165, 1.54) is 11.3 Å². The van der Waals surface area contributed by atoms with Crippen molar-refractivity contribution in [1.82, 2.24) is 4.98 Å². The van der Waals surface area contributed by atoms with Crippen molar-refractivity contribution in [2.45, 2.75) is 11.9 Å². The minimum Gasteiger partial charge on any atom is -0.253 e. The largest absolute Gasteiger partial charge is 0.253 e. The molecule has 0 radical (unpaired) electrons. The molecule has 2 nitrogen and oxygen atoms in total. The Morgan fingerprint density at radius 3 is 2.67 bits per heavy atom. The number of aryl methyl sites for hydroxylation is 1. The first-order valence-electron chi connectivity index (χ1n) is 2.45. The first-order valence-corrected chi connectivity index (χ1v) is 4.89. The summed E-state index contributed by atoms with van der Waals surface area (Å²) in [5.41, 5.74) is 0. The average Bonchev–Trinajstić information content (AvgIpc) is 2.14. The Hall–Kier alpha value is -0.220. The van der Waals surface area contributed by atoms with E-state index in [1.54, 1.807) is 6.26 Å². The van der Waals surface area contributed by atoms with Crippen molar-refractivity contribution in [3.8, 4) is 0 Å². The molecule has 1 unspecified atom stereocenters. The fourth-order valence-corrected chi connectivity index (χ4v) is 1.96. The van der Waals surface area contributed by atoms with Gasteiger partial charge in [0, 0.05) is 11.6 Å². The number of aromatic nitrogens is 1. The molecule has 1 aromatic heterocycles. The number of thiazole rings is 1. The van der Waals surface area contributed by atoms with Crippen LogP contribution in [0.25, 0.3) is 0 Å². The summed E-state index contributed by atoms with van der Waals surface area (Å²) in [7, 11) is -0.909. The van der Waals surface area contributed by atoms with Crippen LogP contribution in [0.1, 0.15) is 5.01 Å². The van der Waals surface area contributed by atoms with E-state index < -0.39 is 10.8 Å². The van der Waals surface area contributed by atoms with Gasteiger partial charge >= 0.3 is 0 Å². The summed E-state index contributed by atoms with van der Waals surface area (Å²) >= 11 is 1.53. The Morgan fingerprint density at radius 2 is 2.44 bits per heavy atom. The molecule has 1 rings (SSSR count). The molecule has 0 fully saturated rings. The molecule has 0 aliphatic heterocycles. The van der Waals surface area contributed by atoms with E-state index in [9.17, 15) is 4.21 Å². The van der Waals surface area contributed by atoms with Crippen molar-refractivity contribution < 1.29 is 4.21 Å². The lowest BCUT2D eigenvalue weighted by Crippen LogP contribution is -1.85. The molecule has 0 saturated carbocycles. The van der Waals surface area contributed by atoms with Gasteiger partial charge < -0.3 is 0 Å². The highest BCUT2D eigenvalue weighted by molar-refractivity contribution is 7.84. The maximum absolute atomic E-state index is 10.7. The van der Waals surface area contributed by atoms with Crippen LogP contribution in [0, 0.1) is 6.92 Å². The second-order valence-corrected chi connectivity index (χ2v) is 4.05. The van der Waals surface area contributed by atoms with Crippen LogP contribution in [-0.2, 0) is 10.8 Å². The Bertz CT molecular complexity index is 231. The summed E-state index contributed by atoms with van der Waals surface area (Å²) in [6.45, 7) is 1.90. The summed E-state index contributed by atoms with van der Waals surface area (Å²) in [5.74, 6) is 0. The zero-order chi connectivity index (χ0) is 6.85. The van der Waals surface area contributed by atoms with E-state index in [0.29, 0.717) is 5.03 Å². The molecule has 0 amide bonds. The zero-order valence-corrected chi connectivity index (χ0v) is 6.88. The third kappa shape index (κ3) is 1.59. The average molecular weight is 161 g/mol. The lowest BCUT2D eigenvalue weighted by atomic mass is 10.8. The van der Waals surface area contributed by atoms with Gasteiger partial charge in [-0.15, -0.1) is 11.3 Å². The van der Waals surface area contributed by atoms with Crippen LogP contribution >= 0.6 is 11.3 Å². The fraction of sp³-hybridized carbons (Fsp3) is 0.400. The summed E-state index contributed by atoms with van der Waals surface area (Å²) in [4.78, 5) is 4.03. The minimum absolute atomic E-state index is 0.692. The molecule has 0 aliphatic carbocycles. The number of hydrogen-bond acceptors (Lipinski definition) is 3. The van der Waals surface area contributed by atoms with Crippen molar-refractivity contribution >= 4 is 22.1 Å². The Labute approximate surface area is 60.4 Å². The first-order chi connectivity index (χ1) is 4.20. The van der Waals surface area contributed by atoms with Crippen molar-refractivity contribution in [2.24, 2.45) is 0 Å². The lowest BCUT2D eigenvalue weighted by Gasteiger charge is -1.81. The SMILES string of the molecule is Cc1nc(S(C)=O)cs1. The van der Waals surface area contributed by atoms with Gasteiger partial charge in [-0.2, -0.15) is 0 Å². The van der Waals surface area contributed by atoms with Crippen LogP contribution in [0.5, 0.6) is 0 Å². The molecule has 50 valence electrons. The van der Waals surface area contributed by atoms with Crippen LogP contribution in [0.3, 0.4) is 0 Å². The highest BCUT2D eigenvalue weighted by Crippen LogP contribution is 2.09. The summed E-state index contributed by atoms with van der Waals surface area (Å²) < 4.78 is 10.7. The van der Waals surface area contributed by atoms with Crippen LogP contribution in [0.15, 0.2) is 10.4 Å². The van der Waals surface area contributed by atoms with Gasteiger partial charge in [-0.05, 0) is 6.92 Å². The van der Waals surface area contributed by atoms with E-state index >= 15 is 0 Å². The van der Waals surface area contributed by atoms with E-state index in [4.69, 9.17) is 0 Å². The Morgan fingerprint density at radius 1 is 1.78 bits per heavy atom. The molecule has 4 heteroatoms. The predicted molar refractivity (Wildman–Crippen MR) is 39.2 cm³/mol. The summed E-state index contributed by atoms with van der Waals surface area (Å²) in [6, 6.07) is 0. The number of rotatable bonds is 1. The molecular formula is C5H7NOS2. The molecule has 0 aliphatic rings.